The first-order valence-corrected chi connectivity index (χ1v) is 24.0. The molecule has 0 rings (SSSR count). The van der Waals surface area contributed by atoms with Gasteiger partial charge >= 0.3 is 5.97 Å². The van der Waals surface area contributed by atoms with Crippen LogP contribution in [0.25, 0.3) is 0 Å². The summed E-state index contributed by atoms with van der Waals surface area (Å²) >= 11 is 0. The predicted octanol–water partition coefficient (Wildman–Crippen LogP) is 16.1. The molecule has 0 saturated heterocycles. The lowest BCUT2D eigenvalue weighted by Crippen LogP contribution is -2.16. The minimum atomic E-state index is -0.0369. The van der Waals surface area contributed by atoms with E-state index in [1.807, 2.05) is 0 Å². The van der Waals surface area contributed by atoms with Gasteiger partial charge in [0.2, 0.25) is 0 Å². The zero-order valence-electron chi connectivity index (χ0n) is 36.1. The summed E-state index contributed by atoms with van der Waals surface area (Å²) in [6, 6.07) is 0. The summed E-state index contributed by atoms with van der Waals surface area (Å²) in [4.78, 5) is 12.6. The van der Waals surface area contributed by atoms with Gasteiger partial charge in [-0.2, -0.15) is 0 Å². The zero-order valence-corrected chi connectivity index (χ0v) is 36.1. The van der Waals surface area contributed by atoms with Crippen molar-refractivity contribution in [1.29, 1.82) is 0 Å². The number of esters is 1. The molecule has 0 saturated carbocycles. The minimum absolute atomic E-state index is 0.0369. The Bertz CT molecular complexity index is 612. The third-order valence-corrected chi connectivity index (χ3v) is 11.3. The summed E-state index contributed by atoms with van der Waals surface area (Å²) in [6.45, 7) is 6.54. The van der Waals surface area contributed by atoms with Crippen LogP contribution in [-0.2, 0) is 19.0 Å². The van der Waals surface area contributed by atoms with Crippen LogP contribution < -0.4 is 0 Å². The van der Waals surface area contributed by atoms with E-state index in [9.17, 15) is 4.79 Å². The Morgan fingerprint density at radius 1 is 0.365 bits per heavy atom. The highest BCUT2D eigenvalue weighted by Crippen LogP contribution is 2.23. The highest BCUT2D eigenvalue weighted by Gasteiger charge is 2.15. The Hall–Kier alpha value is -0.610. The summed E-state index contributed by atoms with van der Waals surface area (Å²) in [5.41, 5.74) is 0. The van der Waals surface area contributed by atoms with Crippen molar-refractivity contribution in [3.05, 3.63) is 0 Å². The molecule has 0 aliphatic heterocycles. The van der Waals surface area contributed by atoms with Crippen LogP contribution in [0, 0.1) is 5.92 Å². The van der Waals surface area contributed by atoms with Gasteiger partial charge < -0.3 is 14.2 Å². The topological polar surface area (TPSA) is 44.8 Å². The fourth-order valence-corrected chi connectivity index (χ4v) is 7.77. The molecule has 0 unspecified atom stereocenters. The molecule has 0 N–H and O–H groups in total. The van der Waals surface area contributed by atoms with Crippen LogP contribution in [0.2, 0.25) is 0 Å². The van der Waals surface area contributed by atoms with Crippen LogP contribution in [0.5, 0.6) is 0 Å². The van der Waals surface area contributed by atoms with Gasteiger partial charge in [-0.1, -0.05) is 245 Å². The van der Waals surface area contributed by atoms with E-state index in [4.69, 9.17) is 14.2 Å². The number of ether oxygens (including phenoxy) is 3. The molecule has 0 aromatic carbocycles. The molecule has 4 heteroatoms. The molecule has 0 atom stereocenters. The van der Waals surface area contributed by atoms with E-state index in [2.05, 4.69) is 13.8 Å². The van der Waals surface area contributed by atoms with Crippen molar-refractivity contribution in [2.24, 2.45) is 5.92 Å². The first-order valence-electron chi connectivity index (χ1n) is 24.0. The summed E-state index contributed by atoms with van der Waals surface area (Å²) < 4.78 is 16.0. The Morgan fingerprint density at radius 2 is 0.635 bits per heavy atom. The standard InChI is InChI=1S/C48H96O4/c1-4-6-8-10-12-14-16-18-20-22-24-26-28-30-32-34-36-38-40-47(46-48(49)52-45-44-51-43-42-50-3)41-39-37-35-33-31-29-27-25-23-21-19-17-15-13-11-9-7-5-2/h47H,4-46H2,1-3H3. The normalized spacial score (nSPS) is 11.6. The molecule has 0 aromatic heterocycles. The van der Waals surface area contributed by atoms with Crippen molar-refractivity contribution in [1.82, 2.24) is 0 Å². The molecule has 0 radical (unpaired) electrons. The first kappa shape index (κ1) is 51.4. The Kier molecular flexibility index (Phi) is 46.0. The van der Waals surface area contributed by atoms with E-state index in [-0.39, 0.29) is 5.97 Å². The van der Waals surface area contributed by atoms with Gasteiger partial charge in [-0.3, -0.25) is 4.79 Å². The van der Waals surface area contributed by atoms with E-state index in [1.165, 1.54) is 244 Å². The lowest BCUT2D eigenvalue weighted by atomic mass is 9.91. The number of hydrogen-bond donors (Lipinski definition) is 0. The van der Waals surface area contributed by atoms with Crippen LogP contribution in [0.3, 0.4) is 0 Å². The third-order valence-electron chi connectivity index (χ3n) is 11.3. The summed E-state index contributed by atoms with van der Waals surface area (Å²) in [5, 5.41) is 0. The molecule has 312 valence electrons. The van der Waals surface area contributed by atoms with Crippen LogP contribution in [0.15, 0.2) is 0 Å². The van der Waals surface area contributed by atoms with Crippen molar-refractivity contribution in [2.75, 3.05) is 33.5 Å². The number of carbonyl (C=O) groups is 1. The van der Waals surface area contributed by atoms with Crippen molar-refractivity contribution in [3.63, 3.8) is 0 Å². The molecule has 52 heavy (non-hydrogen) atoms. The van der Waals surface area contributed by atoms with E-state index in [0.717, 1.165) is 0 Å². The highest BCUT2D eigenvalue weighted by molar-refractivity contribution is 5.69. The lowest BCUT2D eigenvalue weighted by molar-refractivity contribution is -0.146. The van der Waals surface area contributed by atoms with Crippen molar-refractivity contribution < 1.29 is 19.0 Å². The molecule has 4 nitrogen and oxygen atoms in total. The van der Waals surface area contributed by atoms with Crippen LogP contribution >= 0.6 is 0 Å². The maximum Gasteiger partial charge on any atom is 0.306 e. The number of methoxy groups -OCH3 is 1. The third kappa shape index (κ3) is 43.8. The van der Waals surface area contributed by atoms with Gasteiger partial charge in [0.05, 0.1) is 19.8 Å². The zero-order chi connectivity index (χ0) is 37.7. The van der Waals surface area contributed by atoms with Gasteiger partial charge in [0.1, 0.15) is 6.61 Å². The number of rotatable bonds is 46. The Balaban J connectivity index is 3.90. The lowest BCUT2D eigenvalue weighted by Gasteiger charge is -2.16. The maximum absolute atomic E-state index is 12.6. The van der Waals surface area contributed by atoms with Gasteiger partial charge in [0.25, 0.3) is 0 Å². The molecular weight excluding hydrogens is 641 g/mol. The molecule has 0 aliphatic rings. The maximum atomic E-state index is 12.6. The minimum Gasteiger partial charge on any atom is -0.463 e. The monoisotopic (exact) mass is 737 g/mol. The van der Waals surface area contributed by atoms with Gasteiger partial charge in [-0.05, 0) is 18.8 Å². The van der Waals surface area contributed by atoms with Crippen LogP contribution in [-0.4, -0.2) is 39.5 Å². The molecular formula is C48H96O4. The average molecular weight is 737 g/mol. The van der Waals surface area contributed by atoms with Crippen LogP contribution in [0.1, 0.15) is 264 Å². The molecule has 0 fully saturated rings. The fourth-order valence-electron chi connectivity index (χ4n) is 7.77. The fraction of sp³-hybridized carbons (Fsp3) is 0.979. The van der Waals surface area contributed by atoms with Crippen molar-refractivity contribution >= 4 is 5.97 Å². The highest BCUT2D eigenvalue weighted by atomic mass is 16.6. The second-order valence-corrected chi connectivity index (χ2v) is 16.5. The quantitative estimate of drug-likeness (QED) is 0.0461. The molecule has 0 amide bonds. The van der Waals surface area contributed by atoms with E-state index in [0.29, 0.717) is 38.8 Å². The summed E-state index contributed by atoms with van der Waals surface area (Å²) in [5.74, 6) is 0.439. The molecule has 0 aliphatic carbocycles. The number of unbranched alkanes of at least 4 members (excludes halogenated alkanes) is 34. The van der Waals surface area contributed by atoms with Gasteiger partial charge in [-0.25, -0.2) is 0 Å². The van der Waals surface area contributed by atoms with Gasteiger partial charge in [0.15, 0.2) is 0 Å². The van der Waals surface area contributed by atoms with Crippen molar-refractivity contribution in [2.45, 2.75) is 264 Å². The smallest absolute Gasteiger partial charge is 0.306 e. The second-order valence-electron chi connectivity index (χ2n) is 16.5. The summed E-state index contributed by atoms with van der Waals surface area (Å²) in [7, 11) is 1.67. The average Bonchev–Trinajstić information content (AvgIpc) is 3.15. The van der Waals surface area contributed by atoms with Crippen molar-refractivity contribution in [3.8, 4) is 0 Å². The largest absolute Gasteiger partial charge is 0.463 e. The number of hydrogen-bond acceptors (Lipinski definition) is 4. The second kappa shape index (κ2) is 46.5. The van der Waals surface area contributed by atoms with E-state index >= 15 is 0 Å². The SMILES string of the molecule is CCCCCCCCCCCCCCCCCCCCC(CCCCCCCCCCCCCCCCCCCC)CC(=O)OCCOCCOC. The van der Waals surface area contributed by atoms with Crippen LogP contribution in [0.4, 0.5) is 0 Å². The van der Waals surface area contributed by atoms with E-state index < -0.39 is 0 Å². The molecule has 0 heterocycles. The van der Waals surface area contributed by atoms with Gasteiger partial charge in [0, 0.05) is 13.5 Å². The number of carbonyl (C=O) groups excluding carboxylic acids is 1. The molecule has 0 bridgehead atoms. The van der Waals surface area contributed by atoms with Gasteiger partial charge in [-0.15, -0.1) is 0 Å². The summed E-state index contributed by atoms with van der Waals surface area (Å²) in [6.07, 6.45) is 53.7. The van der Waals surface area contributed by atoms with E-state index in [1.54, 1.807) is 7.11 Å². The molecule has 0 spiro atoms. The Morgan fingerprint density at radius 3 is 0.923 bits per heavy atom. The first-order chi connectivity index (χ1) is 25.7. The Labute approximate surface area is 327 Å². The predicted molar refractivity (Wildman–Crippen MR) is 229 cm³/mol. The molecule has 0 aromatic rings.